The van der Waals surface area contributed by atoms with Crippen LogP contribution in [0, 0.1) is 5.82 Å². The molecule has 3 heteroatoms. The monoisotopic (exact) mass is 226 g/mol. The van der Waals surface area contributed by atoms with E-state index in [4.69, 9.17) is 4.74 Å². The molecule has 16 heavy (non-hydrogen) atoms. The average Bonchev–Trinajstić information content (AvgIpc) is 2.15. The number of hydrogen-bond donors (Lipinski definition) is 1. The second kappa shape index (κ2) is 4.52. The van der Waals surface area contributed by atoms with E-state index in [1.165, 1.54) is 12.1 Å². The molecule has 0 amide bonds. The lowest BCUT2D eigenvalue weighted by atomic mass is 9.89. The normalized spacial score (nSPS) is 12.9. The van der Waals surface area contributed by atoms with Crippen LogP contribution in [0.3, 0.4) is 0 Å². The van der Waals surface area contributed by atoms with Crippen LogP contribution in [0.5, 0.6) is 0 Å². The minimum atomic E-state index is -0.924. The van der Waals surface area contributed by atoms with Gasteiger partial charge in [-0.2, -0.15) is 0 Å². The molecule has 0 radical (unpaired) electrons. The van der Waals surface area contributed by atoms with E-state index in [0.29, 0.717) is 6.61 Å². The van der Waals surface area contributed by atoms with Gasteiger partial charge in [-0.15, -0.1) is 0 Å². The summed E-state index contributed by atoms with van der Waals surface area (Å²) in [5.74, 6) is -0.259. The van der Waals surface area contributed by atoms with Gasteiger partial charge in [0, 0.05) is 0 Å². The molecule has 0 aliphatic carbocycles. The first kappa shape index (κ1) is 13.1. The van der Waals surface area contributed by atoms with Crippen molar-refractivity contribution in [1.29, 1.82) is 0 Å². The van der Waals surface area contributed by atoms with Gasteiger partial charge >= 0.3 is 0 Å². The lowest BCUT2D eigenvalue weighted by molar-refractivity contribution is -0.153. The number of hydrogen-bond acceptors (Lipinski definition) is 2. The highest BCUT2D eigenvalue weighted by Crippen LogP contribution is 2.26. The zero-order valence-corrected chi connectivity index (χ0v) is 10.2. The molecule has 0 aromatic heterocycles. The first-order valence-electron chi connectivity index (χ1n) is 5.33. The van der Waals surface area contributed by atoms with Gasteiger partial charge in [0.1, 0.15) is 5.82 Å². The molecule has 0 aliphatic heterocycles. The summed E-state index contributed by atoms with van der Waals surface area (Å²) in [4.78, 5) is 0. The summed E-state index contributed by atoms with van der Waals surface area (Å²) < 4.78 is 18.3. The van der Waals surface area contributed by atoms with Crippen molar-refractivity contribution < 1.29 is 14.2 Å². The Kier molecular flexibility index (Phi) is 3.71. The van der Waals surface area contributed by atoms with Crippen LogP contribution >= 0.6 is 0 Å². The van der Waals surface area contributed by atoms with Gasteiger partial charge in [0.15, 0.2) is 0 Å². The van der Waals surface area contributed by atoms with E-state index in [-0.39, 0.29) is 5.82 Å². The molecule has 0 aliphatic rings. The summed E-state index contributed by atoms with van der Waals surface area (Å²) in [6.07, 6.45) is 0. The minimum absolute atomic E-state index is 0.259. The molecule has 1 N–H and O–H groups in total. The van der Waals surface area contributed by atoms with Crippen molar-refractivity contribution in [3.05, 3.63) is 35.6 Å². The van der Waals surface area contributed by atoms with Crippen molar-refractivity contribution in [3.63, 3.8) is 0 Å². The fourth-order valence-electron chi connectivity index (χ4n) is 1.02. The van der Waals surface area contributed by atoms with Crippen molar-refractivity contribution in [3.8, 4) is 0 Å². The molecule has 0 bridgehead atoms. The third kappa shape index (κ3) is 3.29. The van der Waals surface area contributed by atoms with Crippen LogP contribution in [0.25, 0.3) is 0 Å². The largest absolute Gasteiger partial charge is 0.387 e. The van der Waals surface area contributed by atoms with Gasteiger partial charge in [-0.05, 0) is 45.4 Å². The Labute approximate surface area is 96.1 Å². The van der Waals surface area contributed by atoms with Crippen LogP contribution in [0.15, 0.2) is 24.3 Å². The molecule has 2 nitrogen and oxygen atoms in total. The maximum atomic E-state index is 12.7. The van der Waals surface area contributed by atoms with Gasteiger partial charge < -0.3 is 9.84 Å². The molecule has 0 saturated heterocycles. The van der Waals surface area contributed by atoms with Crippen molar-refractivity contribution >= 4 is 0 Å². The van der Waals surface area contributed by atoms with E-state index in [1.807, 2.05) is 13.8 Å². The quantitative estimate of drug-likeness (QED) is 0.855. The second-order valence-electron chi connectivity index (χ2n) is 4.98. The van der Waals surface area contributed by atoms with Crippen molar-refractivity contribution in [2.75, 3.05) is 0 Å². The number of halogens is 1. The smallest absolute Gasteiger partial charge is 0.123 e. The fourth-order valence-corrected chi connectivity index (χ4v) is 1.02. The average molecular weight is 226 g/mol. The highest BCUT2D eigenvalue weighted by atomic mass is 19.1. The Morgan fingerprint density at radius 3 is 2.06 bits per heavy atom. The van der Waals surface area contributed by atoms with Crippen LogP contribution in [0.4, 0.5) is 4.39 Å². The summed E-state index contributed by atoms with van der Waals surface area (Å²) in [7, 11) is 0. The molecule has 0 spiro atoms. The molecule has 90 valence electrons. The Morgan fingerprint density at radius 1 is 1.12 bits per heavy atom. The van der Waals surface area contributed by atoms with Crippen LogP contribution in [-0.4, -0.2) is 16.3 Å². The van der Waals surface area contributed by atoms with E-state index in [0.717, 1.165) is 5.56 Å². The number of rotatable bonds is 4. The lowest BCUT2D eigenvalue weighted by Crippen LogP contribution is -2.47. The van der Waals surface area contributed by atoms with Crippen LogP contribution in [0.1, 0.15) is 33.3 Å². The third-order valence-corrected chi connectivity index (χ3v) is 2.99. The zero-order valence-electron chi connectivity index (χ0n) is 10.2. The first-order chi connectivity index (χ1) is 7.22. The molecule has 1 rings (SSSR count). The maximum absolute atomic E-state index is 12.7. The molecule has 0 saturated carbocycles. The number of aliphatic hydroxyl groups is 1. The van der Waals surface area contributed by atoms with E-state index in [2.05, 4.69) is 0 Å². The van der Waals surface area contributed by atoms with E-state index < -0.39 is 11.2 Å². The summed E-state index contributed by atoms with van der Waals surface area (Å²) in [5.41, 5.74) is -0.687. The molecule has 0 unspecified atom stereocenters. The summed E-state index contributed by atoms with van der Waals surface area (Å²) in [5, 5.41) is 9.88. The molecule has 1 aromatic rings. The standard InChI is InChI=1S/C13H19FO2/c1-12(2,15)13(3,4)16-9-10-5-7-11(14)8-6-10/h5-8,15H,9H2,1-4H3. The lowest BCUT2D eigenvalue weighted by Gasteiger charge is -2.37. The van der Waals surface area contributed by atoms with E-state index in [9.17, 15) is 9.50 Å². The highest BCUT2D eigenvalue weighted by molar-refractivity contribution is 5.15. The van der Waals surface area contributed by atoms with Crippen molar-refractivity contribution in [2.24, 2.45) is 0 Å². The Morgan fingerprint density at radius 2 is 1.62 bits per heavy atom. The molecule has 0 heterocycles. The van der Waals surface area contributed by atoms with Gasteiger partial charge in [0.05, 0.1) is 17.8 Å². The van der Waals surface area contributed by atoms with E-state index in [1.54, 1.807) is 26.0 Å². The predicted molar refractivity (Wildman–Crippen MR) is 61.6 cm³/mol. The van der Waals surface area contributed by atoms with Crippen molar-refractivity contribution in [1.82, 2.24) is 0 Å². The first-order valence-corrected chi connectivity index (χ1v) is 5.33. The molecular formula is C13H19FO2. The van der Waals surface area contributed by atoms with Gasteiger partial charge in [-0.3, -0.25) is 0 Å². The Bertz CT molecular complexity index is 336. The van der Waals surface area contributed by atoms with Gasteiger partial charge in [0.2, 0.25) is 0 Å². The molecular weight excluding hydrogens is 207 g/mol. The van der Waals surface area contributed by atoms with Gasteiger partial charge in [-0.1, -0.05) is 12.1 Å². The van der Waals surface area contributed by atoms with Crippen LogP contribution in [0.2, 0.25) is 0 Å². The highest BCUT2D eigenvalue weighted by Gasteiger charge is 2.35. The number of benzene rings is 1. The predicted octanol–water partition coefficient (Wildman–Crippen LogP) is 2.89. The fraction of sp³-hybridized carbons (Fsp3) is 0.538. The zero-order chi connectivity index (χ0) is 12.4. The van der Waals surface area contributed by atoms with Crippen molar-refractivity contribution in [2.45, 2.75) is 45.5 Å². The van der Waals surface area contributed by atoms with Crippen LogP contribution < -0.4 is 0 Å². The molecule has 1 aromatic carbocycles. The van der Waals surface area contributed by atoms with E-state index >= 15 is 0 Å². The van der Waals surface area contributed by atoms with Crippen LogP contribution in [-0.2, 0) is 11.3 Å². The second-order valence-corrected chi connectivity index (χ2v) is 4.98. The number of ether oxygens (including phenoxy) is 1. The Balaban J connectivity index is 2.61. The summed E-state index contributed by atoms with van der Waals surface area (Å²) in [6, 6.07) is 6.15. The topological polar surface area (TPSA) is 29.5 Å². The summed E-state index contributed by atoms with van der Waals surface area (Å²) in [6.45, 7) is 7.43. The minimum Gasteiger partial charge on any atom is -0.387 e. The maximum Gasteiger partial charge on any atom is 0.123 e. The third-order valence-electron chi connectivity index (χ3n) is 2.99. The molecule has 0 fully saturated rings. The van der Waals surface area contributed by atoms with Gasteiger partial charge in [0.25, 0.3) is 0 Å². The molecule has 0 atom stereocenters. The van der Waals surface area contributed by atoms with Gasteiger partial charge in [-0.25, -0.2) is 4.39 Å². The summed E-state index contributed by atoms with van der Waals surface area (Å²) >= 11 is 0. The SMILES string of the molecule is CC(C)(O)C(C)(C)OCc1ccc(F)cc1. The Hall–Kier alpha value is -0.930.